The van der Waals surface area contributed by atoms with E-state index in [1.807, 2.05) is 18.2 Å². The molecule has 21 heavy (non-hydrogen) atoms. The number of rotatable bonds is 9. The molecule has 0 aliphatic carbocycles. The molecule has 118 valence electrons. The van der Waals surface area contributed by atoms with Crippen LogP contribution in [0.2, 0.25) is 5.02 Å². The van der Waals surface area contributed by atoms with Gasteiger partial charge in [0.05, 0.1) is 11.6 Å². The topological polar surface area (TPSA) is 20.3 Å². The van der Waals surface area contributed by atoms with Gasteiger partial charge in [0, 0.05) is 5.56 Å². The summed E-state index contributed by atoms with van der Waals surface area (Å²) in [7, 11) is 0. The molecule has 0 atom stereocenters. The van der Waals surface area contributed by atoms with Crippen molar-refractivity contribution in [1.29, 1.82) is 0 Å². The van der Waals surface area contributed by atoms with Gasteiger partial charge in [-0.1, -0.05) is 51.4 Å². The first kappa shape index (κ1) is 18.2. The van der Waals surface area contributed by atoms with Crippen molar-refractivity contribution >= 4 is 17.4 Å². The van der Waals surface area contributed by atoms with Gasteiger partial charge in [-0.15, -0.1) is 0 Å². The Hall–Kier alpha value is -0.860. The molecule has 0 aliphatic rings. The summed E-state index contributed by atoms with van der Waals surface area (Å²) in [6.07, 6.45) is 2.24. The number of halogens is 1. The third-order valence-corrected chi connectivity index (χ3v) is 3.92. The molecule has 0 saturated heterocycles. The Morgan fingerprint density at radius 2 is 1.57 bits per heavy atom. The highest BCUT2D eigenvalue weighted by Crippen LogP contribution is 2.16. The molecule has 0 unspecified atom stereocenters. The Kier molecular flexibility index (Phi) is 7.98. The molecule has 0 amide bonds. The first-order chi connectivity index (χ1) is 9.90. The van der Waals surface area contributed by atoms with E-state index in [0.29, 0.717) is 29.0 Å². The molecule has 2 nitrogen and oxygen atoms in total. The van der Waals surface area contributed by atoms with Crippen LogP contribution in [0.4, 0.5) is 0 Å². The zero-order valence-electron chi connectivity index (χ0n) is 13.7. The minimum Gasteiger partial charge on any atom is -0.296 e. The minimum absolute atomic E-state index is 0.119. The summed E-state index contributed by atoms with van der Waals surface area (Å²) < 4.78 is 0. The number of benzene rings is 1. The molecule has 0 N–H and O–H groups in total. The molecule has 0 radical (unpaired) electrons. The van der Waals surface area contributed by atoms with E-state index in [1.54, 1.807) is 6.07 Å². The second-order valence-corrected chi connectivity index (χ2v) is 6.95. The van der Waals surface area contributed by atoms with Gasteiger partial charge in [-0.2, -0.15) is 0 Å². The van der Waals surface area contributed by atoms with Gasteiger partial charge in [-0.3, -0.25) is 9.69 Å². The third-order valence-electron chi connectivity index (χ3n) is 3.59. The van der Waals surface area contributed by atoms with Gasteiger partial charge in [0.1, 0.15) is 0 Å². The average molecular weight is 310 g/mol. The monoisotopic (exact) mass is 309 g/mol. The van der Waals surface area contributed by atoms with Gasteiger partial charge in [0.2, 0.25) is 0 Å². The van der Waals surface area contributed by atoms with Crippen LogP contribution >= 0.6 is 11.6 Å². The zero-order valence-corrected chi connectivity index (χ0v) is 14.5. The molecular formula is C18H28ClNO. The molecule has 0 bridgehead atoms. The highest BCUT2D eigenvalue weighted by atomic mass is 35.5. The predicted octanol–water partition coefficient (Wildman–Crippen LogP) is 4.92. The second kappa shape index (κ2) is 9.22. The lowest BCUT2D eigenvalue weighted by Gasteiger charge is -2.23. The van der Waals surface area contributed by atoms with E-state index in [0.717, 1.165) is 25.9 Å². The standard InChI is InChI=1S/C18H28ClNO/c1-14(2)9-11-20(12-10-15(3)4)13-18(21)16-7-5-6-8-17(16)19/h5-8,14-15H,9-13H2,1-4H3. The number of carbonyl (C=O) groups is 1. The summed E-state index contributed by atoms with van der Waals surface area (Å²) in [5.74, 6) is 1.43. The van der Waals surface area contributed by atoms with E-state index in [4.69, 9.17) is 11.6 Å². The van der Waals surface area contributed by atoms with Crippen molar-refractivity contribution in [3.05, 3.63) is 34.9 Å². The van der Waals surface area contributed by atoms with Gasteiger partial charge in [0.25, 0.3) is 0 Å². The highest BCUT2D eigenvalue weighted by Gasteiger charge is 2.15. The van der Waals surface area contributed by atoms with Crippen LogP contribution in [-0.4, -0.2) is 30.3 Å². The number of ketones is 1. The molecule has 1 aromatic rings. The Morgan fingerprint density at radius 1 is 1.05 bits per heavy atom. The SMILES string of the molecule is CC(C)CCN(CCC(C)C)CC(=O)c1ccccc1Cl. The third kappa shape index (κ3) is 7.10. The number of carbonyl (C=O) groups excluding carboxylic acids is 1. The molecule has 0 fully saturated rings. The first-order valence-corrected chi connectivity index (χ1v) is 8.28. The van der Waals surface area contributed by atoms with Crippen LogP contribution in [0.1, 0.15) is 50.9 Å². The van der Waals surface area contributed by atoms with Crippen molar-refractivity contribution in [1.82, 2.24) is 4.90 Å². The summed E-state index contributed by atoms with van der Waals surface area (Å²) in [6.45, 7) is 11.3. The van der Waals surface area contributed by atoms with Crippen LogP contribution in [0.3, 0.4) is 0 Å². The number of hydrogen-bond donors (Lipinski definition) is 0. The number of nitrogens with zero attached hydrogens (tertiary/aromatic N) is 1. The van der Waals surface area contributed by atoms with Crippen molar-refractivity contribution in [2.24, 2.45) is 11.8 Å². The quantitative estimate of drug-likeness (QED) is 0.604. The Balaban J connectivity index is 2.65. The van der Waals surface area contributed by atoms with Crippen molar-refractivity contribution in [3.63, 3.8) is 0 Å². The van der Waals surface area contributed by atoms with Crippen LogP contribution in [0, 0.1) is 11.8 Å². The number of Topliss-reactive ketones (excluding diaryl/α,β-unsaturated/α-hetero) is 1. The van der Waals surface area contributed by atoms with Crippen molar-refractivity contribution in [3.8, 4) is 0 Å². The fourth-order valence-corrected chi connectivity index (χ4v) is 2.37. The lowest BCUT2D eigenvalue weighted by atomic mass is 10.1. The van der Waals surface area contributed by atoms with Gasteiger partial charge in [0.15, 0.2) is 5.78 Å². The fraction of sp³-hybridized carbons (Fsp3) is 0.611. The Bertz CT molecular complexity index is 431. The predicted molar refractivity (Wildman–Crippen MR) is 91.1 cm³/mol. The van der Waals surface area contributed by atoms with Crippen LogP contribution in [-0.2, 0) is 0 Å². The fourth-order valence-electron chi connectivity index (χ4n) is 2.13. The highest BCUT2D eigenvalue weighted by molar-refractivity contribution is 6.34. The van der Waals surface area contributed by atoms with Crippen LogP contribution < -0.4 is 0 Å². The van der Waals surface area contributed by atoms with Crippen LogP contribution in [0.25, 0.3) is 0 Å². The van der Waals surface area contributed by atoms with Crippen molar-refractivity contribution in [2.45, 2.75) is 40.5 Å². The van der Waals surface area contributed by atoms with E-state index < -0.39 is 0 Å². The van der Waals surface area contributed by atoms with Gasteiger partial charge < -0.3 is 0 Å². The lowest BCUT2D eigenvalue weighted by Crippen LogP contribution is -2.33. The minimum atomic E-state index is 0.119. The molecule has 0 heterocycles. The lowest BCUT2D eigenvalue weighted by molar-refractivity contribution is 0.0923. The van der Waals surface area contributed by atoms with E-state index >= 15 is 0 Å². The molecule has 0 aliphatic heterocycles. The maximum absolute atomic E-state index is 12.4. The molecule has 1 aromatic carbocycles. The van der Waals surface area contributed by atoms with Gasteiger partial charge >= 0.3 is 0 Å². The number of hydrogen-bond acceptors (Lipinski definition) is 2. The largest absolute Gasteiger partial charge is 0.296 e. The van der Waals surface area contributed by atoms with Crippen molar-refractivity contribution in [2.75, 3.05) is 19.6 Å². The molecule has 0 spiro atoms. The zero-order chi connectivity index (χ0) is 15.8. The van der Waals surface area contributed by atoms with E-state index in [2.05, 4.69) is 32.6 Å². The average Bonchev–Trinajstić information content (AvgIpc) is 2.41. The summed E-state index contributed by atoms with van der Waals surface area (Å²) >= 11 is 6.12. The molecule has 1 rings (SSSR count). The summed E-state index contributed by atoms with van der Waals surface area (Å²) in [6, 6.07) is 7.31. The van der Waals surface area contributed by atoms with E-state index in [-0.39, 0.29) is 5.78 Å². The van der Waals surface area contributed by atoms with Crippen molar-refractivity contribution < 1.29 is 4.79 Å². The van der Waals surface area contributed by atoms with Crippen LogP contribution in [0.5, 0.6) is 0 Å². The Labute approximate surface area is 134 Å². The molecule has 0 aromatic heterocycles. The Morgan fingerprint density at radius 3 is 2.05 bits per heavy atom. The van der Waals surface area contributed by atoms with E-state index in [9.17, 15) is 4.79 Å². The summed E-state index contributed by atoms with van der Waals surface area (Å²) in [5, 5.41) is 0.551. The van der Waals surface area contributed by atoms with Gasteiger partial charge in [-0.05, 0) is 49.9 Å². The molecular weight excluding hydrogens is 282 g/mol. The normalized spacial score (nSPS) is 11.6. The maximum atomic E-state index is 12.4. The van der Waals surface area contributed by atoms with Crippen LogP contribution in [0.15, 0.2) is 24.3 Å². The maximum Gasteiger partial charge on any atom is 0.178 e. The van der Waals surface area contributed by atoms with E-state index in [1.165, 1.54) is 0 Å². The molecule has 3 heteroatoms. The van der Waals surface area contributed by atoms with Gasteiger partial charge in [-0.25, -0.2) is 0 Å². The summed E-state index contributed by atoms with van der Waals surface area (Å²) in [4.78, 5) is 14.7. The first-order valence-electron chi connectivity index (χ1n) is 7.90. The second-order valence-electron chi connectivity index (χ2n) is 6.54. The smallest absolute Gasteiger partial charge is 0.178 e. The summed E-state index contributed by atoms with van der Waals surface area (Å²) in [5.41, 5.74) is 0.637. The molecule has 0 saturated carbocycles.